The van der Waals surface area contributed by atoms with Crippen LogP contribution in [0.15, 0.2) is 21.9 Å². The predicted octanol–water partition coefficient (Wildman–Crippen LogP) is -1.58. The summed E-state index contributed by atoms with van der Waals surface area (Å²) >= 11 is 0. The Morgan fingerprint density at radius 3 is 2.58 bits per heavy atom. The molecule has 1 saturated heterocycles. The fourth-order valence-corrected chi connectivity index (χ4v) is 2.07. The van der Waals surface area contributed by atoms with Crippen molar-refractivity contribution in [3.8, 4) is 0 Å². The number of ether oxygens (including phenoxy) is 3. The lowest BCUT2D eigenvalue weighted by atomic mass is 10.2. The molecule has 1 aliphatic rings. The maximum atomic E-state index is 12.0. The number of methoxy groups -OCH3 is 2. The molecule has 0 saturated carbocycles. The van der Waals surface area contributed by atoms with Gasteiger partial charge in [0, 0.05) is 33.5 Å². The molecule has 2 heterocycles. The molecule has 106 valence electrons. The lowest BCUT2D eigenvalue weighted by Gasteiger charge is -2.20. The zero-order chi connectivity index (χ0) is 14.2. The van der Waals surface area contributed by atoms with Crippen molar-refractivity contribution >= 4 is 0 Å². The van der Waals surface area contributed by atoms with E-state index in [2.05, 4.69) is 0 Å². The van der Waals surface area contributed by atoms with Crippen molar-refractivity contribution in [2.75, 3.05) is 14.2 Å². The number of aromatic nitrogens is 2. The molecule has 1 aliphatic heterocycles. The van der Waals surface area contributed by atoms with Gasteiger partial charge in [-0.3, -0.25) is 13.9 Å². The molecule has 1 aromatic heterocycles. The summed E-state index contributed by atoms with van der Waals surface area (Å²) in [5, 5.41) is 9.94. The van der Waals surface area contributed by atoms with E-state index in [1.165, 1.54) is 38.1 Å². The van der Waals surface area contributed by atoms with Gasteiger partial charge in [0.2, 0.25) is 0 Å². The van der Waals surface area contributed by atoms with Gasteiger partial charge in [0.25, 0.3) is 5.56 Å². The zero-order valence-corrected chi connectivity index (χ0v) is 10.8. The fraction of sp³-hybridized carbons (Fsp3) is 0.636. The highest BCUT2D eigenvalue weighted by Gasteiger charge is 2.45. The van der Waals surface area contributed by atoms with Crippen molar-refractivity contribution in [1.29, 1.82) is 0 Å². The van der Waals surface area contributed by atoms with Crippen LogP contribution in [0.3, 0.4) is 0 Å². The van der Waals surface area contributed by atoms with Gasteiger partial charge in [0.05, 0.1) is 0 Å². The Morgan fingerprint density at radius 1 is 1.32 bits per heavy atom. The molecule has 0 amide bonds. The Labute approximate surface area is 108 Å². The molecule has 1 N–H and O–H groups in total. The average Bonchev–Trinajstić information content (AvgIpc) is 2.72. The van der Waals surface area contributed by atoms with Crippen LogP contribution in [0.5, 0.6) is 0 Å². The molecule has 4 unspecified atom stereocenters. The van der Waals surface area contributed by atoms with Crippen LogP contribution in [0.4, 0.5) is 0 Å². The molecule has 4 atom stereocenters. The van der Waals surface area contributed by atoms with E-state index < -0.39 is 36.0 Å². The first kappa shape index (κ1) is 13.9. The average molecular weight is 272 g/mol. The smallest absolute Gasteiger partial charge is 0.332 e. The normalized spacial score (nSPS) is 30.7. The number of nitrogens with zero attached hydrogens (tertiary/aromatic N) is 2. The second-order valence-electron chi connectivity index (χ2n) is 4.22. The molecule has 0 aromatic carbocycles. The van der Waals surface area contributed by atoms with Gasteiger partial charge in [0.1, 0.15) is 12.2 Å². The summed E-state index contributed by atoms with van der Waals surface area (Å²) in [6.45, 7) is 0. The van der Waals surface area contributed by atoms with Crippen LogP contribution >= 0.6 is 0 Å². The van der Waals surface area contributed by atoms with E-state index in [4.69, 9.17) is 14.2 Å². The van der Waals surface area contributed by atoms with Crippen molar-refractivity contribution in [1.82, 2.24) is 9.13 Å². The van der Waals surface area contributed by atoms with Crippen LogP contribution in [0.2, 0.25) is 0 Å². The van der Waals surface area contributed by atoms with Crippen molar-refractivity contribution < 1.29 is 19.3 Å². The van der Waals surface area contributed by atoms with Gasteiger partial charge in [-0.15, -0.1) is 0 Å². The predicted molar refractivity (Wildman–Crippen MR) is 63.7 cm³/mol. The SMILES string of the molecule is COC1OC(n2ccc(=O)n(C)c2=O)C(OC)C1O. The van der Waals surface area contributed by atoms with E-state index in [1.54, 1.807) is 0 Å². The molecule has 0 radical (unpaired) electrons. The lowest BCUT2D eigenvalue weighted by molar-refractivity contribution is -0.161. The zero-order valence-electron chi connectivity index (χ0n) is 10.8. The van der Waals surface area contributed by atoms with Gasteiger partial charge in [-0.2, -0.15) is 0 Å². The van der Waals surface area contributed by atoms with Gasteiger partial charge in [-0.1, -0.05) is 0 Å². The van der Waals surface area contributed by atoms with Crippen molar-refractivity contribution in [3.05, 3.63) is 33.1 Å². The van der Waals surface area contributed by atoms with Crippen LogP contribution in [-0.2, 0) is 21.3 Å². The first-order valence-electron chi connectivity index (χ1n) is 5.68. The molecule has 19 heavy (non-hydrogen) atoms. The third-order valence-electron chi connectivity index (χ3n) is 3.16. The number of rotatable bonds is 3. The third-order valence-corrected chi connectivity index (χ3v) is 3.16. The van der Waals surface area contributed by atoms with Crippen LogP contribution in [0.1, 0.15) is 6.23 Å². The standard InChI is InChI=1S/C11H16N2O6/c1-12-6(14)4-5-13(11(12)16)9-8(17-2)7(15)10(18-3)19-9/h4-5,7-10,15H,1-3H3. The molecule has 2 rings (SSSR count). The lowest BCUT2D eigenvalue weighted by Crippen LogP contribution is -2.42. The van der Waals surface area contributed by atoms with E-state index in [-0.39, 0.29) is 0 Å². The fourth-order valence-electron chi connectivity index (χ4n) is 2.07. The molecule has 1 fully saturated rings. The third kappa shape index (κ3) is 2.23. The second-order valence-corrected chi connectivity index (χ2v) is 4.22. The van der Waals surface area contributed by atoms with E-state index in [9.17, 15) is 14.7 Å². The molecular weight excluding hydrogens is 256 g/mol. The summed E-state index contributed by atoms with van der Waals surface area (Å²) in [5.41, 5.74) is -0.972. The van der Waals surface area contributed by atoms with Crippen LogP contribution < -0.4 is 11.2 Å². The molecule has 8 nitrogen and oxygen atoms in total. The summed E-state index contributed by atoms with van der Waals surface area (Å²) in [6.07, 6.45) is -2.22. The Hall–Kier alpha value is -1.48. The Kier molecular flexibility index (Phi) is 3.85. The van der Waals surface area contributed by atoms with E-state index in [0.29, 0.717) is 0 Å². The van der Waals surface area contributed by atoms with Crippen molar-refractivity contribution in [2.45, 2.75) is 24.7 Å². The largest absolute Gasteiger partial charge is 0.385 e. The molecule has 1 aromatic rings. The second kappa shape index (κ2) is 5.25. The maximum absolute atomic E-state index is 12.0. The molecule has 0 aliphatic carbocycles. The van der Waals surface area contributed by atoms with E-state index in [0.717, 1.165) is 4.57 Å². The Morgan fingerprint density at radius 2 is 2.00 bits per heavy atom. The Bertz CT molecular complexity index is 565. The van der Waals surface area contributed by atoms with Gasteiger partial charge in [-0.05, 0) is 0 Å². The number of aliphatic hydroxyl groups excluding tert-OH is 1. The highest BCUT2D eigenvalue weighted by atomic mass is 16.7. The monoisotopic (exact) mass is 272 g/mol. The topological polar surface area (TPSA) is 91.9 Å². The molecule has 0 bridgehead atoms. The minimum Gasteiger partial charge on any atom is -0.385 e. The highest BCUT2D eigenvalue weighted by molar-refractivity contribution is 4.92. The first-order valence-corrected chi connectivity index (χ1v) is 5.68. The molecule has 8 heteroatoms. The van der Waals surface area contributed by atoms with Crippen molar-refractivity contribution in [2.24, 2.45) is 7.05 Å². The van der Waals surface area contributed by atoms with E-state index in [1.807, 2.05) is 0 Å². The summed E-state index contributed by atoms with van der Waals surface area (Å²) in [4.78, 5) is 23.4. The minimum absolute atomic E-state index is 0.419. The van der Waals surface area contributed by atoms with Crippen LogP contribution in [-0.4, -0.2) is 47.0 Å². The van der Waals surface area contributed by atoms with Gasteiger partial charge in [-0.25, -0.2) is 4.79 Å². The molecular formula is C11H16N2O6. The molecule has 0 spiro atoms. The van der Waals surface area contributed by atoms with Gasteiger partial charge in [0.15, 0.2) is 12.5 Å². The quantitative estimate of drug-likeness (QED) is 0.714. The minimum atomic E-state index is -1.02. The summed E-state index contributed by atoms with van der Waals surface area (Å²) in [7, 11) is 4.14. The number of hydrogen-bond donors (Lipinski definition) is 1. The van der Waals surface area contributed by atoms with Gasteiger partial charge >= 0.3 is 5.69 Å². The highest BCUT2D eigenvalue weighted by Crippen LogP contribution is 2.30. The number of hydrogen-bond acceptors (Lipinski definition) is 6. The first-order chi connectivity index (χ1) is 9.01. The van der Waals surface area contributed by atoms with Crippen LogP contribution in [0, 0.1) is 0 Å². The van der Waals surface area contributed by atoms with Crippen molar-refractivity contribution in [3.63, 3.8) is 0 Å². The Balaban J connectivity index is 2.44. The van der Waals surface area contributed by atoms with Crippen LogP contribution in [0.25, 0.3) is 0 Å². The summed E-state index contributed by atoms with van der Waals surface area (Å²) in [6, 6.07) is 1.24. The van der Waals surface area contributed by atoms with Gasteiger partial charge < -0.3 is 19.3 Å². The maximum Gasteiger partial charge on any atom is 0.332 e. The summed E-state index contributed by atoms with van der Waals surface area (Å²) < 4.78 is 17.7. The summed E-state index contributed by atoms with van der Waals surface area (Å²) in [5.74, 6) is 0. The van der Waals surface area contributed by atoms with E-state index >= 15 is 0 Å². The number of aliphatic hydroxyl groups is 1.